The van der Waals surface area contributed by atoms with E-state index in [1.54, 1.807) is 45.1 Å². The van der Waals surface area contributed by atoms with Crippen molar-refractivity contribution < 1.29 is 19.0 Å². The van der Waals surface area contributed by atoms with E-state index in [0.717, 1.165) is 46.7 Å². The molecule has 0 unspecified atom stereocenters. The number of anilines is 1. The Kier molecular flexibility index (Phi) is 5.76. The van der Waals surface area contributed by atoms with Gasteiger partial charge in [-0.15, -0.1) is 11.3 Å². The van der Waals surface area contributed by atoms with E-state index < -0.39 is 0 Å². The Morgan fingerprint density at radius 3 is 2.42 bits per heavy atom. The van der Waals surface area contributed by atoms with Crippen LogP contribution >= 0.6 is 11.3 Å². The molecular weight excluding hydrogens is 438 g/mol. The monoisotopic (exact) mass is 463 g/mol. The van der Waals surface area contributed by atoms with E-state index in [9.17, 15) is 4.79 Å². The lowest BCUT2D eigenvalue weighted by Gasteiger charge is -2.21. The van der Waals surface area contributed by atoms with E-state index in [-0.39, 0.29) is 12.5 Å². The zero-order chi connectivity index (χ0) is 22.9. The minimum atomic E-state index is -0.0181. The van der Waals surface area contributed by atoms with Crippen molar-refractivity contribution in [1.82, 2.24) is 4.98 Å². The smallest absolute Gasteiger partial charge is 0.249 e. The summed E-state index contributed by atoms with van der Waals surface area (Å²) in [6.45, 7) is 0.569. The molecule has 0 radical (unpaired) electrons. The van der Waals surface area contributed by atoms with Crippen molar-refractivity contribution in [3.8, 4) is 17.2 Å². The van der Waals surface area contributed by atoms with Crippen LogP contribution in [0.4, 0.5) is 5.00 Å². The third-order valence-corrected chi connectivity index (χ3v) is 7.40. The van der Waals surface area contributed by atoms with Gasteiger partial charge in [0.05, 0.1) is 33.6 Å². The number of fused-ring (bicyclic) bond motifs is 3. The van der Waals surface area contributed by atoms with Crippen molar-refractivity contribution in [2.75, 3.05) is 32.8 Å². The van der Waals surface area contributed by atoms with Gasteiger partial charge < -0.3 is 14.2 Å². The lowest BCUT2D eigenvalue weighted by Crippen LogP contribution is -2.31. The summed E-state index contributed by atoms with van der Waals surface area (Å²) in [6.07, 6.45) is 6.65. The second kappa shape index (κ2) is 8.86. The van der Waals surface area contributed by atoms with Crippen LogP contribution in [0.25, 0.3) is 0 Å². The highest BCUT2D eigenvalue weighted by molar-refractivity contribution is 7.17. The van der Waals surface area contributed by atoms with Crippen LogP contribution in [0.15, 0.2) is 41.7 Å². The van der Waals surface area contributed by atoms with E-state index in [2.05, 4.69) is 4.98 Å². The van der Waals surface area contributed by atoms with Crippen molar-refractivity contribution in [2.45, 2.75) is 25.8 Å². The highest BCUT2D eigenvalue weighted by atomic mass is 32.1. The second-order valence-electron chi connectivity index (χ2n) is 7.95. The molecule has 170 valence electrons. The Hall–Kier alpha value is -3.39. The Labute approximate surface area is 196 Å². The number of aromatic nitrogens is 1. The van der Waals surface area contributed by atoms with Crippen LogP contribution in [0, 0.1) is 0 Å². The first kappa shape index (κ1) is 21.5. The number of carbonyl (C=O) groups is 1. The summed E-state index contributed by atoms with van der Waals surface area (Å²) in [7, 11) is 4.79. The molecule has 0 bridgehead atoms. The topological polar surface area (TPSA) is 73.2 Å². The van der Waals surface area contributed by atoms with E-state index >= 15 is 0 Å². The molecule has 7 nitrogen and oxygen atoms in total. The number of hydrogen-bond donors (Lipinski definition) is 0. The summed E-state index contributed by atoms with van der Waals surface area (Å²) >= 11 is 1.72. The van der Waals surface area contributed by atoms with Gasteiger partial charge in [-0.2, -0.15) is 0 Å². The Bertz CT molecular complexity index is 1210. The molecule has 33 heavy (non-hydrogen) atoms. The molecule has 5 rings (SSSR count). The van der Waals surface area contributed by atoms with Gasteiger partial charge in [0.2, 0.25) is 11.7 Å². The van der Waals surface area contributed by atoms with Crippen LogP contribution in [-0.4, -0.2) is 44.5 Å². The van der Waals surface area contributed by atoms with Gasteiger partial charge in [0.25, 0.3) is 0 Å². The fraction of sp³-hybridized carbons (Fsp3) is 0.320. The SMILES string of the molecule is COc1cc(C2=NCC(=O)N(Cc3ccncc3)c3sc4c(c32)CCC4)cc(OC)c1OC. The van der Waals surface area contributed by atoms with E-state index in [1.807, 2.05) is 29.2 Å². The largest absolute Gasteiger partial charge is 0.493 e. The molecule has 3 aromatic rings. The molecule has 8 heteroatoms. The number of pyridine rings is 1. The molecule has 0 spiro atoms. The van der Waals surface area contributed by atoms with Crippen molar-refractivity contribution in [1.29, 1.82) is 0 Å². The number of aryl methyl sites for hydroxylation is 1. The summed E-state index contributed by atoms with van der Waals surface area (Å²) in [5, 5.41) is 0.964. The first-order chi connectivity index (χ1) is 16.1. The minimum absolute atomic E-state index is 0.0181. The average Bonchev–Trinajstić information content (AvgIpc) is 3.41. The van der Waals surface area contributed by atoms with Crippen LogP contribution in [0.2, 0.25) is 0 Å². The van der Waals surface area contributed by atoms with Crippen LogP contribution in [0.5, 0.6) is 17.2 Å². The quantitative estimate of drug-likeness (QED) is 0.552. The lowest BCUT2D eigenvalue weighted by molar-refractivity contribution is -0.117. The van der Waals surface area contributed by atoms with Gasteiger partial charge in [0.1, 0.15) is 11.5 Å². The second-order valence-corrected chi connectivity index (χ2v) is 9.04. The van der Waals surface area contributed by atoms with Gasteiger partial charge in [-0.1, -0.05) is 0 Å². The summed E-state index contributed by atoms with van der Waals surface area (Å²) in [4.78, 5) is 25.4. The third-order valence-electron chi connectivity index (χ3n) is 6.09. The van der Waals surface area contributed by atoms with E-state index in [0.29, 0.717) is 23.8 Å². The molecular formula is C25H25N3O4S. The number of nitrogens with zero attached hydrogens (tertiary/aromatic N) is 3. The Balaban J connectivity index is 1.67. The van der Waals surface area contributed by atoms with Crippen LogP contribution in [0.3, 0.4) is 0 Å². The van der Waals surface area contributed by atoms with Gasteiger partial charge >= 0.3 is 0 Å². The molecule has 1 aromatic carbocycles. The summed E-state index contributed by atoms with van der Waals surface area (Å²) in [5.41, 5.74) is 5.04. The number of amides is 1. The predicted molar refractivity (Wildman–Crippen MR) is 128 cm³/mol. The Morgan fingerprint density at radius 1 is 1.03 bits per heavy atom. The van der Waals surface area contributed by atoms with Crippen molar-refractivity contribution in [3.05, 3.63) is 63.8 Å². The molecule has 3 heterocycles. The number of hydrogen-bond acceptors (Lipinski definition) is 7. The summed E-state index contributed by atoms with van der Waals surface area (Å²) < 4.78 is 16.7. The minimum Gasteiger partial charge on any atom is -0.493 e. The van der Waals surface area contributed by atoms with Crippen molar-refractivity contribution in [3.63, 3.8) is 0 Å². The molecule has 0 saturated heterocycles. The van der Waals surface area contributed by atoms with Crippen LogP contribution < -0.4 is 19.1 Å². The molecule has 2 aromatic heterocycles. The van der Waals surface area contributed by atoms with Gasteiger partial charge in [-0.05, 0) is 54.7 Å². The maximum absolute atomic E-state index is 13.3. The molecule has 1 aliphatic heterocycles. The normalized spacial score (nSPS) is 14.9. The first-order valence-electron chi connectivity index (χ1n) is 10.8. The van der Waals surface area contributed by atoms with Crippen LogP contribution in [0.1, 0.15) is 33.6 Å². The maximum Gasteiger partial charge on any atom is 0.249 e. The van der Waals surface area contributed by atoms with Crippen LogP contribution in [-0.2, 0) is 24.2 Å². The highest BCUT2D eigenvalue weighted by Crippen LogP contribution is 2.45. The van der Waals surface area contributed by atoms with Crippen molar-refractivity contribution in [2.24, 2.45) is 4.99 Å². The fourth-order valence-corrected chi connectivity index (χ4v) is 5.94. The number of benzene rings is 1. The fourth-order valence-electron chi connectivity index (χ4n) is 4.53. The van der Waals surface area contributed by atoms with Crippen molar-refractivity contribution >= 4 is 28.0 Å². The number of carbonyl (C=O) groups excluding carboxylic acids is 1. The van der Waals surface area contributed by atoms with Gasteiger partial charge in [0.15, 0.2) is 11.5 Å². The van der Waals surface area contributed by atoms with E-state index in [4.69, 9.17) is 19.2 Å². The molecule has 0 atom stereocenters. The highest BCUT2D eigenvalue weighted by Gasteiger charge is 2.33. The molecule has 1 aliphatic carbocycles. The Morgan fingerprint density at radius 2 is 1.76 bits per heavy atom. The average molecular weight is 464 g/mol. The number of aliphatic imine (C=N–C) groups is 1. The molecule has 0 saturated carbocycles. The molecule has 0 N–H and O–H groups in total. The van der Waals surface area contributed by atoms with Gasteiger partial charge in [0, 0.05) is 28.4 Å². The zero-order valence-corrected chi connectivity index (χ0v) is 19.7. The maximum atomic E-state index is 13.3. The lowest BCUT2D eigenvalue weighted by atomic mass is 9.98. The number of rotatable bonds is 6. The molecule has 1 amide bonds. The first-order valence-corrected chi connectivity index (χ1v) is 11.6. The van der Waals surface area contributed by atoms with Gasteiger partial charge in [-0.3, -0.25) is 19.7 Å². The predicted octanol–water partition coefficient (Wildman–Crippen LogP) is 4.04. The number of methoxy groups -OCH3 is 3. The summed E-state index contributed by atoms with van der Waals surface area (Å²) in [6, 6.07) is 7.71. The zero-order valence-electron chi connectivity index (χ0n) is 18.9. The van der Waals surface area contributed by atoms with Gasteiger partial charge in [-0.25, -0.2) is 0 Å². The summed E-state index contributed by atoms with van der Waals surface area (Å²) in [5.74, 6) is 1.64. The number of thiophene rings is 1. The molecule has 0 fully saturated rings. The number of ether oxygens (including phenoxy) is 3. The van der Waals surface area contributed by atoms with E-state index in [1.165, 1.54) is 10.4 Å². The standard InChI is InChI=1S/C25H25N3O4S/c1-30-18-11-16(12-19(31-2)24(18)32-3)23-22-17-5-4-6-20(17)33-25(22)28(21(29)13-27-23)14-15-7-9-26-10-8-15/h7-12H,4-6,13-14H2,1-3H3. The molecule has 2 aliphatic rings. The third kappa shape index (κ3) is 3.74.